The third-order valence-electron chi connectivity index (χ3n) is 4.20. The number of para-hydroxylation sites is 1. The molecule has 134 valence electrons. The molecule has 0 spiro atoms. The molecule has 0 saturated heterocycles. The monoisotopic (exact) mass is 366 g/mol. The highest BCUT2D eigenvalue weighted by molar-refractivity contribution is 7.99. The number of hydrogen-bond donors (Lipinski definition) is 1. The average Bonchev–Trinajstić information content (AvgIpc) is 3.03. The van der Waals surface area contributed by atoms with Crippen molar-refractivity contribution in [2.45, 2.75) is 25.4 Å². The molecule has 0 fully saturated rings. The fourth-order valence-corrected chi connectivity index (χ4v) is 3.50. The van der Waals surface area contributed by atoms with Crippen molar-refractivity contribution >= 4 is 23.4 Å². The van der Waals surface area contributed by atoms with Crippen molar-refractivity contribution in [3.8, 4) is 11.4 Å². The summed E-state index contributed by atoms with van der Waals surface area (Å²) in [5, 5.41) is 12.2. The number of nitrogens with zero attached hydrogens (tertiary/aromatic N) is 3. The average molecular weight is 366 g/mol. The minimum Gasteiger partial charge on any atom is -0.325 e. The first-order chi connectivity index (χ1) is 12.6. The van der Waals surface area contributed by atoms with Gasteiger partial charge in [0.25, 0.3) is 0 Å². The van der Waals surface area contributed by atoms with Crippen LogP contribution < -0.4 is 5.32 Å². The smallest absolute Gasteiger partial charge is 0.234 e. The van der Waals surface area contributed by atoms with Gasteiger partial charge in [-0.15, -0.1) is 10.2 Å². The van der Waals surface area contributed by atoms with Crippen LogP contribution in [-0.4, -0.2) is 26.4 Å². The zero-order valence-electron chi connectivity index (χ0n) is 15.2. The first-order valence-electron chi connectivity index (χ1n) is 8.56. The fourth-order valence-electron chi connectivity index (χ4n) is 2.79. The lowest BCUT2D eigenvalue weighted by molar-refractivity contribution is -0.113. The predicted octanol–water partition coefficient (Wildman–Crippen LogP) is 4.08. The minimum atomic E-state index is -0.0386. The largest absolute Gasteiger partial charge is 0.325 e. The van der Waals surface area contributed by atoms with Crippen LogP contribution in [0.4, 0.5) is 5.69 Å². The second-order valence-corrected chi connectivity index (χ2v) is 6.97. The molecular formula is C20H22N4OS. The van der Waals surface area contributed by atoms with Crippen LogP contribution in [0.1, 0.15) is 18.1 Å². The molecule has 0 unspecified atom stereocenters. The molecule has 0 radical (unpaired) electrons. The van der Waals surface area contributed by atoms with Crippen LogP contribution in [0.2, 0.25) is 0 Å². The maximum absolute atomic E-state index is 12.4. The van der Waals surface area contributed by atoms with Crippen LogP contribution in [0, 0.1) is 6.92 Å². The van der Waals surface area contributed by atoms with E-state index in [2.05, 4.69) is 22.4 Å². The van der Waals surface area contributed by atoms with Crippen molar-refractivity contribution in [2.75, 3.05) is 11.1 Å². The summed E-state index contributed by atoms with van der Waals surface area (Å²) >= 11 is 1.39. The summed E-state index contributed by atoms with van der Waals surface area (Å²) in [5.41, 5.74) is 4.15. The quantitative estimate of drug-likeness (QED) is 0.668. The molecule has 0 aliphatic heterocycles. The molecule has 0 aliphatic carbocycles. The number of rotatable bonds is 6. The molecule has 0 aliphatic rings. The number of anilines is 1. The Kier molecular flexibility index (Phi) is 5.73. The summed E-state index contributed by atoms with van der Waals surface area (Å²) in [6, 6.07) is 16.0. The Morgan fingerprint density at radius 3 is 2.62 bits per heavy atom. The summed E-state index contributed by atoms with van der Waals surface area (Å²) in [6.45, 7) is 4.10. The summed E-state index contributed by atoms with van der Waals surface area (Å²) in [5.74, 6) is 1.04. The predicted molar refractivity (Wildman–Crippen MR) is 106 cm³/mol. The van der Waals surface area contributed by atoms with Crippen LogP contribution in [0.15, 0.2) is 53.7 Å². The number of aromatic nitrogens is 3. The van der Waals surface area contributed by atoms with Gasteiger partial charge < -0.3 is 9.88 Å². The normalized spacial score (nSPS) is 10.7. The Morgan fingerprint density at radius 2 is 1.88 bits per heavy atom. The number of aryl methyl sites for hydroxylation is 2. The second-order valence-electron chi connectivity index (χ2n) is 6.03. The Balaban J connectivity index is 1.67. The van der Waals surface area contributed by atoms with Crippen molar-refractivity contribution < 1.29 is 4.79 Å². The SMILES string of the molecule is CCc1cccc(C)c1NC(=O)CSc1nnc(-c2ccccc2)n1C. The van der Waals surface area contributed by atoms with Crippen LogP contribution in [0.25, 0.3) is 11.4 Å². The van der Waals surface area contributed by atoms with Crippen molar-refractivity contribution in [1.82, 2.24) is 14.8 Å². The minimum absolute atomic E-state index is 0.0386. The van der Waals surface area contributed by atoms with E-state index in [1.54, 1.807) is 0 Å². The van der Waals surface area contributed by atoms with E-state index in [-0.39, 0.29) is 11.7 Å². The van der Waals surface area contributed by atoms with Crippen LogP contribution >= 0.6 is 11.8 Å². The molecule has 26 heavy (non-hydrogen) atoms. The highest BCUT2D eigenvalue weighted by atomic mass is 32.2. The van der Waals surface area contributed by atoms with E-state index in [1.165, 1.54) is 11.8 Å². The van der Waals surface area contributed by atoms with Crippen LogP contribution in [0.5, 0.6) is 0 Å². The Labute approximate surface area is 157 Å². The zero-order valence-corrected chi connectivity index (χ0v) is 16.0. The topological polar surface area (TPSA) is 59.8 Å². The van der Waals surface area contributed by atoms with Gasteiger partial charge in [-0.2, -0.15) is 0 Å². The molecule has 0 saturated carbocycles. The molecular weight excluding hydrogens is 344 g/mol. The van der Waals surface area contributed by atoms with Crippen LogP contribution in [0.3, 0.4) is 0 Å². The summed E-state index contributed by atoms with van der Waals surface area (Å²) in [6.07, 6.45) is 0.883. The number of benzene rings is 2. The molecule has 6 heteroatoms. The van der Waals surface area contributed by atoms with Gasteiger partial charge in [-0.3, -0.25) is 4.79 Å². The molecule has 0 atom stereocenters. The number of amides is 1. The number of hydrogen-bond acceptors (Lipinski definition) is 4. The van der Waals surface area contributed by atoms with E-state index < -0.39 is 0 Å². The molecule has 1 N–H and O–H groups in total. The van der Waals surface area contributed by atoms with Gasteiger partial charge in [0, 0.05) is 18.3 Å². The van der Waals surface area contributed by atoms with E-state index in [9.17, 15) is 4.79 Å². The number of carbonyl (C=O) groups is 1. The fraction of sp³-hybridized carbons (Fsp3) is 0.250. The first kappa shape index (κ1) is 18.2. The van der Waals surface area contributed by atoms with Crippen LogP contribution in [-0.2, 0) is 18.3 Å². The van der Waals surface area contributed by atoms with E-state index >= 15 is 0 Å². The Morgan fingerprint density at radius 1 is 1.12 bits per heavy atom. The third kappa shape index (κ3) is 3.96. The lowest BCUT2D eigenvalue weighted by atomic mass is 10.1. The van der Waals surface area contributed by atoms with Gasteiger partial charge in [0.15, 0.2) is 11.0 Å². The third-order valence-corrected chi connectivity index (χ3v) is 5.22. The van der Waals surface area contributed by atoms with Gasteiger partial charge in [0.2, 0.25) is 5.91 Å². The number of thioether (sulfide) groups is 1. The van der Waals surface area contributed by atoms with Crippen molar-refractivity contribution in [3.63, 3.8) is 0 Å². The summed E-state index contributed by atoms with van der Waals surface area (Å²) in [4.78, 5) is 12.4. The Hall–Kier alpha value is -2.60. The lowest BCUT2D eigenvalue weighted by Gasteiger charge is -2.12. The van der Waals surface area contributed by atoms with Gasteiger partial charge >= 0.3 is 0 Å². The number of carbonyl (C=O) groups excluding carboxylic acids is 1. The van der Waals surface area contributed by atoms with E-state index in [4.69, 9.17) is 0 Å². The lowest BCUT2D eigenvalue weighted by Crippen LogP contribution is -2.16. The molecule has 3 aromatic rings. The van der Waals surface area contributed by atoms with Gasteiger partial charge in [-0.25, -0.2) is 0 Å². The highest BCUT2D eigenvalue weighted by Gasteiger charge is 2.14. The standard InChI is InChI=1S/C20H22N4OS/c1-4-15-12-8-9-14(2)18(15)21-17(25)13-26-20-23-22-19(24(20)3)16-10-6-5-7-11-16/h5-12H,4,13H2,1-3H3,(H,21,25). The summed E-state index contributed by atoms with van der Waals surface area (Å²) in [7, 11) is 1.92. The van der Waals surface area contributed by atoms with Crippen molar-refractivity contribution in [3.05, 3.63) is 59.7 Å². The zero-order chi connectivity index (χ0) is 18.5. The summed E-state index contributed by atoms with van der Waals surface area (Å²) < 4.78 is 1.92. The molecule has 0 bridgehead atoms. The van der Waals surface area contributed by atoms with Gasteiger partial charge in [0.1, 0.15) is 0 Å². The number of nitrogens with one attached hydrogen (secondary N) is 1. The van der Waals surface area contributed by atoms with E-state index in [1.807, 2.05) is 67.1 Å². The van der Waals surface area contributed by atoms with Gasteiger partial charge in [0.05, 0.1) is 5.75 Å². The van der Waals surface area contributed by atoms with Gasteiger partial charge in [-0.05, 0) is 24.5 Å². The molecule has 3 rings (SSSR count). The molecule has 2 aromatic carbocycles. The Bertz CT molecular complexity index is 905. The van der Waals surface area contributed by atoms with Crippen molar-refractivity contribution in [2.24, 2.45) is 7.05 Å². The molecule has 1 aromatic heterocycles. The second kappa shape index (κ2) is 8.19. The maximum atomic E-state index is 12.4. The van der Waals surface area contributed by atoms with E-state index in [0.29, 0.717) is 0 Å². The van der Waals surface area contributed by atoms with Crippen molar-refractivity contribution in [1.29, 1.82) is 0 Å². The molecule has 1 amide bonds. The van der Waals surface area contributed by atoms with E-state index in [0.717, 1.165) is 39.8 Å². The van der Waals surface area contributed by atoms with Gasteiger partial charge in [-0.1, -0.05) is 67.2 Å². The highest BCUT2D eigenvalue weighted by Crippen LogP contribution is 2.24. The molecule has 1 heterocycles. The first-order valence-corrected chi connectivity index (χ1v) is 9.54. The maximum Gasteiger partial charge on any atom is 0.234 e. The molecule has 5 nitrogen and oxygen atoms in total.